The van der Waals surface area contributed by atoms with Crippen molar-refractivity contribution >= 4 is 27.8 Å². The maximum absolute atomic E-state index is 12.1. The van der Waals surface area contributed by atoms with Crippen LogP contribution in [-0.4, -0.2) is 41.1 Å². The Morgan fingerprint density at radius 2 is 2.15 bits per heavy atom. The van der Waals surface area contributed by atoms with Crippen LogP contribution in [0, 0.1) is 0 Å². The van der Waals surface area contributed by atoms with E-state index in [2.05, 4.69) is 15.9 Å². The van der Waals surface area contributed by atoms with Gasteiger partial charge in [-0.15, -0.1) is 0 Å². The first-order valence-electron chi connectivity index (χ1n) is 6.46. The first-order valence-corrected chi connectivity index (χ1v) is 7.26. The number of benzene rings is 1. The van der Waals surface area contributed by atoms with E-state index >= 15 is 0 Å². The molecule has 1 saturated heterocycles. The summed E-state index contributed by atoms with van der Waals surface area (Å²) in [5, 5.41) is 8.84. The van der Waals surface area contributed by atoms with Crippen LogP contribution < -0.4 is 4.74 Å². The molecule has 1 atom stereocenters. The maximum Gasteiger partial charge on any atom is 0.305 e. The molecule has 1 unspecified atom stereocenters. The summed E-state index contributed by atoms with van der Waals surface area (Å²) in [5.74, 6) is -0.430. The van der Waals surface area contributed by atoms with Gasteiger partial charge in [0.1, 0.15) is 5.75 Å². The van der Waals surface area contributed by atoms with E-state index in [0.29, 0.717) is 12.3 Å². The van der Waals surface area contributed by atoms with Crippen LogP contribution in [0.1, 0.15) is 19.3 Å². The minimum absolute atomic E-state index is 0.000765. The third kappa shape index (κ3) is 3.72. The van der Waals surface area contributed by atoms with Gasteiger partial charge in [0.25, 0.3) is 5.91 Å². The van der Waals surface area contributed by atoms with Gasteiger partial charge in [-0.1, -0.05) is 12.1 Å². The minimum Gasteiger partial charge on any atom is -0.483 e. The third-order valence-corrected chi connectivity index (χ3v) is 3.95. The Hall–Kier alpha value is -1.56. The number of rotatable bonds is 5. The van der Waals surface area contributed by atoms with E-state index in [1.54, 1.807) is 11.0 Å². The summed E-state index contributed by atoms with van der Waals surface area (Å²) < 4.78 is 6.27. The van der Waals surface area contributed by atoms with Crippen LogP contribution in [-0.2, 0) is 9.59 Å². The molecule has 6 heteroatoms. The molecule has 1 aromatic rings. The highest BCUT2D eigenvalue weighted by molar-refractivity contribution is 9.10. The highest BCUT2D eigenvalue weighted by Gasteiger charge is 2.30. The molecule has 108 valence electrons. The van der Waals surface area contributed by atoms with E-state index in [1.165, 1.54) is 0 Å². The lowest BCUT2D eigenvalue weighted by molar-refractivity contribution is -0.140. The molecule has 0 aliphatic carbocycles. The summed E-state index contributed by atoms with van der Waals surface area (Å²) in [4.78, 5) is 24.5. The van der Waals surface area contributed by atoms with Gasteiger partial charge in [-0.2, -0.15) is 0 Å². The molecular formula is C14H16BrNO4. The number of carbonyl (C=O) groups is 2. The van der Waals surface area contributed by atoms with Crippen molar-refractivity contribution in [3.05, 3.63) is 28.7 Å². The van der Waals surface area contributed by atoms with Crippen molar-refractivity contribution in [3.8, 4) is 5.75 Å². The van der Waals surface area contributed by atoms with E-state index in [0.717, 1.165) is 17.3 Å². The molecule has 1 aromatic carbocycles. The van der Waals surface area contributed by atoms with Crippen LogP contribution in [0.25, 0.3) is 0 Å². The van der Waals surface area contributed by atoms with E-state index in [1.807, 2.05) is 18.2 Å². The predicted octanol–water partition coefficient (Wildman–Crippen LogP) is 2.29. The van der Waals surface area contributed by atoms with Gasteiger partial charge in [0.15, 0.2) is 6.61 Å². The van der Waals surface area contributed by atoms with Crippen LogP contribution in [0.2, 0.25) is 0 Å². The first kappa shape index (κ1) is 14.8. The number of aliphatic carboxylic acids is 1. The molecule has 0 radical (unpaired) electrons. The highest BCUT2D eigenvalue weighted by atomic mass is 79.9. The molecule has 1 N–H and O–H groups in total. The molecule has 1 aliphatic rings. The number of amides is 1. The zero-order valence-corrected chi connectivity index (χ0v) is 12.5. The summed E-state index contributed by atoms with van der Waals surface area (Å²) >= 11 is 3.35. The summed E-state index contributed by atoms with van der Waals surface area (Å²) in [6.07, 6.45) is 1.59. The Balaban J connectivity index is 1.91. The van der Waals surface area contributed by atoms with Gasteiger partial charge in [-0.05, 0) is 40.9 Å². The summed E-state index contributed by atoms with van der Waals surface area (Å²) in [5.41, 5.74) is 0. The van der Waals surface area contributed by atoms with Crippen molar-refractivity contribution in [2.75, 3.05) is 13.2 Å². The summed E-state index contributed by atoms with van der Waals surface area (Å²) in [6, 6.07) is 7.09. The van der Waals surface area contributed by atoms with Gasteiger partial charge < -0.3 is 14.7 Å². The zero-order chi connectivity index (χ0) is 14.5. The quantitative estimate of drug-likeness (QED) is 0.892. The smallest absolute Gasteiger partial charge is 0.305 e. The second-order valence-electron chi connectivity index (χ2n) is 4.70. The molecule has 2 rings (SSSR count). The molecule has 1 amide bonds. The number of nitrogens with zero attached hydrogens (tertiary/aromatic N) is 1. The highest BCUT2D eigenvalue weighted by Crippen LogP contribution is 2.24. The number of carbonyl (C=O) groups excluding carboxylic acids is 1. The van der Waals surface area contributed by atoms with E-state index in [-0.39, 0.29) is 25.0 Å². The molecule has 1 heterocycles. The van der Waals surface area contributed by atoms with Crippen molar-refractivity contribution in [1.82, 2.24) is 4.90 Å². The van der Waals surface area contributed by atoms with E-state index < -0.39 is 5.97 Å². The Kier molecular flexibility index (Phi) is 5.00. The fourth-order valence-corrected chi connectivity index (χ4v) is 2.76. The monoisotopic (exact) mass is 341 g/mol. The number of carboxylic acids is 1. The lowest BCUT2D eigenvalue weighted by Gasteiger charge is -2.23. The number of hydrogen-bond donors (Lipinski definition) is 1. The van der Waals surface area contributed by atoms with Gasteiger partial charge in [0.05, 0.1) is 10.9 Å². The first-order chi connectivity index (χ1) is 9.58. The number of ether oxygens (including phenoxy) is 1. The average Bonchev–Trinajstić information content (AvgIpc) is 2.85. The third-order valence-electron chi connectivity index (χ3n) is 3.30. The van der Waals surface area contributed by atoms with Crippen molar-refractivity contribution < 1.29 is 19.4 Å². The Morgan fingerprint density at radius 3 is 2.85 bits per heavy atom. The van der Waals surface area contributed by atoms with Crippen LogP contribution in [0.3, 0.4) is 0 Å². The normalized spacial score (nSPS) is 18.1. The van der Waals surface area contributed by atoms with Gasteiger partial charge >= 0.3 is 5.97 Å². The van der Waals surface area contributed by atoms with Crippen LogP contribution in [0.15, 0.2) is 28.7 Å². The molecule has 0 saturated carbocycles. The second kappa shape index (κ2) is 6.74. The SMILES string of the molecule is O=C(O)CC1CCCN1C(=O)COc1ccccc1Br. The van der Waals surface area contributed by atoms with Crippen LogP contribution in [0.4, 0.5) is 0 Å². The number of hydrogen-bond acceptors (Lipinski definition) is 3. The Labute approximate surface area is 125 Å². The summed E-state index contributed by atoms with van der Waals surface area (Å²) in [6.45, 7) is 0.537. The number of likely N-dealkylation sites (tertiary alicyclic amines) is 1. The molecule has 1 fully saturated rings. The second-order valence-corrected chi connectivity index (χ2v) is 5.55. The molecule has 0 aromatic heterocycles. The molecule has 1 aliphatic heterocycles. The minimum atomic E-state index is -0.874. The van der Waals surface area contributed by atoms with E-state index in [9.17, 15) is 9.59 Å². The maximum atomic E-state index is 12.1. The topological polar surface area (TPSA) is 66.8 Å². The zero-order valence-electron chi connectivity index (χ0n) is 10.9. The lowest BCUT2D eigenvalue weighted by atomic mass is 10.1. The van der Waals surface area contributed by atoms with Crippen molar-refractivity contribution in [2.24, 2.45) is 0 Å². The number of halogens is 1. The Morgan fingerprint density at radius 1 is 1.40 bits per heavy atom. The standard InChI is InChI=1S/C14H16BrNO4/c15-11-5-1-2-6-12(11)20-9-13(17)16-7-3-4-10(16)8-14(18)19/h1-2,5-6,10H,3-4,7-9H2,(H,18,19). The van der Waals surface area contributed by atoms with Crippen LogP contribution in [0.5, 0.6) is 5.75 Å². The van der Waals surface area contributed by atoms with Crippen LogP contribution >= 0.6 is 15.9 Å². The lowest BCUT2D eigenvalue weighted by Crippen LogP contribution is -2.39. The molecular weight excluding hydrogens is 326 g/mol. The van der Waals surface area contributed by atoms with E-state index in [4.69, 9.17) is 9.84 Å². The number of para-hydroxylation sites is 1. The fraction of sp³-hybridized carbons (Fsp3) is 0.429. The largest absolute Gasteiger partial charge is 0.483 e. The molecule has 0 spiro atoms. The number of carboxylic acid groups (broad SMARTS) is 1. The van der Waals surface area contributed by atoms with Gasteiger partial charge in [-0.3, -0.25) is 9.59 Å². The van der Waals surface area contributed by atoms with Crippen molar-refractivity contribution in [3.63, 3.8) is 0 Å². The predicted molar refractivity (Wildman–Crippen MR) is 76.6 cm³/mol. The molecule has 0 bridgehead atoms. The van der Waals surface area contributed by atoms with Crippen molar-refractivity contribution in [2.45, 2.75) is 25.3 Å². The van der Waals surface area contributed by atoms with Crippen molar-refractivity contribution in [1.29, 1.82) is 0 Å². The average molecular weight is 342 g/mol. The molecule has 20 heavy (non-hydrogen) atoms. The van der Waals surface area contributed by atoms with Gasteiger partial charge in [-0.25, -0.2) is 0 Å². The Bertz CT molecular complexity index is 506. The molecule has 5 nitrogen and oxygen atoms in total. The van der Waals surface area contributed by atoms with Gasteiger partial charge in [0.2, 0.25) is 0 Å². The summed E-state index contributed by atoms with van der Waals surface area (Å²) in [7, 11) is 0. The fourth-order valence-electron chi connectivity index (χ4n) is 2.36. The van der Waals surface area contributed by atoms with Gasteiger partial charge in [0, 0.05) is 12.6 Å².